The molecule has 0 amide bonds. The largest absolute Gasteiger partial charge is 0.490 e. The zero-order chi connectivity index (χ0) is 23.1. The van der Waals surface area contributed by atoms with Crippen LogP contribution in [0.2, 0.25) is 10.0 Å². The molecular formula is C22H23Cl3N2O4S. The summed E-state index contributed by atoms with van der Waals surface area (Å²) in [6.07, 6.45) is 2.58. The molecule has 3 aromatic rings. The van der Waals surface area contributed by atoms with Gasteiger partial charge in [0.05, 0.1) is 28.7 Å². The van der Waals surface area contributed by atoms with Crippen LogP contribution in [0, 0.1) is 0 Å². The number of ether oxygens (including phenoxy) is 2. The lowest BCUT2D eigenvalue weighted by Gasteiger charge is -2.27. The van der Waals surface area contributed by atoms with E-state index in [-0.39, 0.29) is 18.1 Å². The van der Waals surface area contributed by atoms with E-state index in [0.29, 0.717) is 39.9 Å². The van der Waals surface area contributed by atoms with E-state index >= 15 is 0 Å². The number of benzene rings is 2. The van der Waals surface area contributed by atoms with E-state index in [9.17, 15) is 0 Å². The molecule has 10 heteroatoms. The summed E-state index contributed by atoms with van der Waals surface area (Å²) in [7, 11) is 0. The average Bonchev–Trinajstić information content (AvgIpc) is 3.22. The van der Waals surface area contributed by atoms with Gasteiger partial charge in [-0.2, -0.15) is 0 Å². The maximum absolute atomic E-state index is 6.46. The Hall–Kier alpha value is -1.80. The van der Waals surface area contributed by atoms with Gasteiger partial charge >= 0.3 is 6.08 Å². The highest BCUT2D eigenvalue weighted by Gasteiger charge is 2.25. The van der Waals surface area contributed by atoms with Crippen molar-refractivity contribution in [2.45, 2.75) is 32.3 Å². The van der Waals surface area contributed by atoms with Crippen molar-refractivity contribution in [1.82, 2.24) is 10.2 Å². The van der Waals surface area contributed by atoms with Crippen molar-refractivity contribution < 1.29 is 18.1 Å². The third kappa shape index (κ3) is 6.16. The summed E-state index contributed by atoms with van der Waals surface area (Å²) < 4.78 is 21.8. The Bertz CT molecular complexity index is 1010. The van der Waals surface area contributed by atoms with Crippen molar-refractivity contribution in [3.05, 3.63) is 63.5 Å². The lowest BCUT2D eigenvalue weighted by Crippen LogP contribution is -2.19. The molecular weight excluding hydrogens is 495 g/mol. The van der Waals surface area contributed by atoms with E-state index in [1.807, 2.05) is 36.4 Å². The minimum Gasteiger partial charge on any atom is -0.490 e. The van der Waals surface area contributed by atoms with Crippen molar-refractivity contribution in [3.8, 4) is 17.6 Å². The van der Waals surface area contributed by atoms with E-state index in [1.165, 1.54) is 0 Å². The number of hydrogen-bond donors (Lipinski definition) is 0. The minimum absolute atomic E-state index is 0.0981. The van der Waals surface area contributed by atoms with Crippen molar-refractivity contribution in [2.24, 2.45) is 0 Å². The van der Waals surface area contributed by atoms with Crippen LogP contribution < -0.4 is 13.7 Å². The second-order valence-electron chi connectivity index (χ2n) is 7.31. The molecule has 0 spiro atoms. The van der Waals surface area contributed by atoms with Crippen molar-refractivity contribution in [1.29, 1.82) is 0 Å². The second kappa shape index (κ2) is 11.4. The van der Waals surface area contributed by atoms with Crippen LogP contribution in [0.4, 0.5) is 0 Å². The normalized spacial score (nSPS) is 11.4. The van der Waals surface area contributed by atoms with Gasteiger partial charge in [-0.25, -0.2) is 0 Å². The molecule has 32 heavy (non-hydrogen) atoms. The predicted molar refractivity (Wildman–Crippen MR) is 129 cm³/mol. The molecule has 1 aromatic heterocycles. The molecule has 0 fully saturated rings. The first-order valence-corrected chi connectivity index (χ1v) is 12.2. The molecule has 0 atom stereocenters. The quantitative estimate of drug-likeness (QED) is 0.155. The van der Waals surface area contributed by atoms with E-state index in [1.54, 1.807) is 6.26 Å². The van der Waals surface area contributed by atoms with Crippen LogP contribution in [0.1, 0.15) is 37.3 Å². The topological polar surface area (TPSA) is 66.6 Å². The van der Waals surface area contributed by atoms with Crippen LogP contribution in [-0.2, 0) is 12.0 Å². The monoisotopic (exact) mass is 516 g/mol. The number of rotatable bonds is 11. The van der Waals surface area contributed by atoms with Crippen LogP contribution >= 0.6 is 46.8 Å². The number of alkyl halides is 1. The van der Waals surface area contributed by atoms with Gasteiger partial charge in [-0.15, -0.1) is 16.7 Å². The van der Waals surface area contributed by atoms with Gasteiger partial charge in [0.15, 0.2) is 12.4 Å². The zero-order valence-corrected chi connectivity index (χ0v) is 20.9. The third-order valence-corrected chi connectivity index (χ3v) is 5.92. The fourth-order valence-corrected chi connectivity index (χ4v) is 3.88. The number of nitrogens with zero attached hydrogens (tertiary/aromatic N) is 2. The molecule has 0 aliphatic rings. The lowest BCUT2D eigenvalue weighted by molar-refractivity contribution is 0.253. The molecule has 0 radical (unpaired) electrons. The Morgan fingerprint density at radius 2 is 1.69 bits per heavy atom. The van der Waals surface area contributed by atoms with Gasteiger partial charge < -0.3 is 18.1 Å². The molecule has 0 aliphatic carbocycles. The zero-order valence-electron chi connectivity index (χ0n) is 17.9. The van der Waals surface area contributed by atoms with Gasteiger partial charge in [0, 0.05) is 17.6 Å². The molecule has 0 saturated carbocycles. The highest BCUT2D eigenvalue weighted by Crippen LogP contribution is 2.40. The van der Waals surface area contributed by atoms with Crippen molar-refractivity contribution in [2.75, 3.05) is 18.7 Å². The highest BCUT2D eigenvalue weighted by atomic mass is 35.5. The molecule has 1 heterocycles. The van der Waals surface area contributed by atoms with Gasteiger partial charge in [-0.3, -0.25) is 0 Å². The summed E-state index contributed by atoms with van der Waals surface area (Å²) in [5, 5.41) is 8.58. The highest BCUT2D eigenvalue weighted by molar-refractivity contribution is 7.94. The summed E-state index contributed by atoms with van der Waals surface area (Å²) in [6, 6.07) is 11.5. The molecule has 0 bridgehead atoms. The number of hydrogen-bond acceptors (Lipinski definition) is 7. The fourth-order valence-electron chi connectivity index (χ4n) is 2.97. The average molecular weight is 518 g/mol. The predicted octanol–water partition coefficient (Wildman–Crippen LogP) is 6.95. The minimum atomic E-state index is -0.350. The van der Waals surface area contributed by atoms with Gasteiger partial charge in [-0.1, -0.05) is 54.3 Å². The van der Waals surface area contributed by atoms with Gasteiger partial charge in [0.1, 0.15) is 5.75 Å². The molecule has 0 aliphatic heterocycles. The summed E-state index contributed by atoms with van der Waals surface area (Å²) in [6.45, 7) is 4.81. The fraction of sp³-hybridized carbons (Fsp3) is 0.364. The molecule has 2 aromatic carbocycles. The molecule has 6 nitrogen and oxygen atoms in total. The van der Waals surface area contributed by atoms with E-state index in [0.717, 1.165) is 29.6 Å². The first-order valence-electron chi connectivity index (χ1n) is 9.79. The van der Waals surface area contributed by atoms with Crippen molar-refractivity contribution >= 4 is 46.8 Å². The molecule has 0 saturated heterocycles. The number of halogens is 3. The maximum Gasteiger partial charge on any atom is 0.427 e. The van der Waals surface area contributed by atoms with Crippen molar-refractivity contribution in [3.63, 3.8) is 0 Å². The van der Waals surface area contributed by atoms with Crippen LogP contribution in [0.25, 0.3) is 0 Å². The molecule has 0 N–H and O–H groups in total. The van der Waals surface area contributed by atoms with E-state index in [4.69, 9.17) is 52.9 Å². The standard InChI is InChI=1S/C22H23Cl3N2O4S/c1-22(2,15-11-17(24)20(18(25)12-15)28-10-4-9-23)14-5-7-16(8-6-14)29-13-19-26-27-21(30-19)31-32-3/h5-8,11-12H,4,9-10,13H2,1-3H3. The van der Waals surface area contributed by atoms with E-state index in [2.05, 4.69) is 24.0 Å². The Morgan fingerprint density at radius 3 is 2.31 bits per heavy atom. The van der Waals surface area contributed by atoms with Crippen LogP contribution in [0.15, 0.2) is 40.8 Å². The molecule has 0 unspecified atom stereocenters. The SMILES string of the molecule is CSOc1nnc(COc2ccc(C(C)(C)c3cc(Cl)c(OCCCCl)c(Cl)c3)cc2)o1. The third-order valence-electron chi connectivity index (χ3n) is 4.79. The maximum atomic E-state index is 6.46. The van der Waals surface area contributed by atoms with Crippen LogP contribution in [0.5, 0.6) is 17.6 Å². The first-order chi connectivity index (χ1) is 15.3. The summed E-state index contributed by atoms with van der Waals surface area (Å²) in [5.74, 6) is 2.00. The lowest BCUT2D eigenvalue weighted by atomic mass is 9.78. The van der Waals surface area contributed by atoms with Crippen LogP contribution in [0.3, 0.4) is 0 Å². The van der Waals surface area contributed by atoms with Gasteiger partial charge in [0.25, 0.3) is 5.89 Å². The summed E-state index contributed by atoms with van der Waals surface area (Å²) in [4.78, 5) is 0. The summed E-state index contributed by atoms with van der Waals surface area (Å²) in [5.41, 5.74) is 1.69. The Balaban J connectivity index is 1.69. The molecule has 172 valence electrons. The first kappa shape index (κ1) is 24.8. The second-order valence-corrected chi connectivity index (χ2v) is 9.00. The Labute approximate surface area is 206 Å². The van der Waals surface area contributed by atoms with E-state index < -0.39 is 0 Å². The smallest absolute Gasteiger partial charge is 0.427 e. The van der Waals surface area contributed by atoms with Gasteiger partial charge in [-0.05, 0) is 41.8 Å². The van der Waals surface area contributed by atoms with Crippen LogP contribution in [-0.4, -0.2) is 28.9 Å². The number of aromatic nitrogens is 2. The summed E-state index contributed by atoms with van der Waals surface area (Å²) >= 11 is 19.8. The van der Waals surface area contributed by atoms with Gasteiger partial charge in [0.2, 0.25) is 0 Å². The molecule has 3 rings (SSSR count). The Morgan fingerprint density at radius 1 is 1.00 bits per heavy atom. The Kier molecular flexibility index (Phi) is 8.82.